The van der Waals surface area contributed by atoms with Crippen LogP contribution in [-0.4, -0.2) is 24.6 Å². The molecule has 0 N–H and O–H groups in total. The Hall–Kier alpha value is -3.16. The zero-order valence-corrected chi connectivity index (χ0v) is 19.7. The highest BCUT2D eigenvalue weighted by atomic mass is 35.5. The standard InChI is InChI=1S/C25H21ClN2O4S/c1-31-17-10-11-20(32-2)15(12-17)13-21-24(30)28-23(14-6-8-16(26)9-7-14)22-18(27-25(28)33-21)4-3-5-19(22)29/h6-13,23H,3-5H2,1-2H3. The van der Waals surface area contributed by atoms with E-state index in [9.17, 15) is 9.59 Å². The van der Waals surface area contributed by atoms with E-state index in [2.05, 4.69) is 0 Å². The van der Waals surface area contributed by atoms with Gasteiger partial charge in [-0.3, -0.25) is 14.2 Å². The van der Waals surface area contributed by atoms with Gasteiger partial charge in [0.2, 0.25) is 0 Å². The van der Waals surface area contributed by atoms with Gasteiger partial charge in [0.05, 0.1) is 30.5 Å². The molecule has 0 fully saturated rings. The minimum absolute atomic E-state index is 0.0451. The molecule has 1 aliphatic heterocycles. The number of carbonyl (C=O) groups excluding carboxylic acids is 1. The second-order valence-electron chi connectivity index (χ2n) is 7.88. The average molecular weight is 481 g/mol. The van der Waals surface area contributed by atoms with Crippen LogP contribution in [0.4, 0.5) is 0 Å². The van der Waals surface area contributed by atoms with Gasteiger partial charge in [-0.2, -0.15) is 0 Å². The van der Waals surface area contributed by atoms with Crippen molar-refractivity contribution < 1.29 is 14.3 Å². The lowest BCUT2D eigenvalue weighted by Gasteiger charge is -2.28. The lowest BCUT2D eigenvalue weighted by atomic mass is 9.86. The first-order chi connectivity index (χ1) is 16.0. The predicted octanol–water partition coefficient (Wildman–Crippen LogP) is 3.64. The molecule has 0 saturated heterocycles. The molecule has 1 unspecified atom stereocenters. The largest absolute Gasteiger partial charge is 0.497 e. The maximum Gasteiger partial charge on any atom is 0.271 e. The van der Waals surface area contributed by atoms with Crippen LogP contribution in [0.2, 0.25) is 5.02 Å². The highest BCUT2D eigenvalue weighted by Gasteiger charge is 2.34. The van der Waals surface area contributed by atoms with E-state index in [1.165, 1.54) is 11.3 Å². The Kier molecular flexibility index (Phi) is 5.68. The number of benzene rings is 2. The van der Waals surface area contributed by atoms with Crippen LogP contribution in [0.25, 0.3) is 6.08 Å². The molecule has 1 aliphatic carbocycles. The lowest BCUT2D eigenvalue weighted by molar-refractivity contribution is -0.116. The summed E-state index contributed by atoms with van der Waals surface area (Å²) in [5.41, 5.74) is 2.75. The van der Waals surface area contributed by atoms with Crippen LogP contribution < -0.4 is 24.4 Å². The number of halogens is 1. The highest BCUT2D eigenvalue weighted by molar-refractivity contribution is 7.07. The van der Waals surface area contributed by atoms with Gasteiger partial charge in [0, 0.05) is 22.6 Å². The Balaban J connectivity index is 1.75. The average Bonchev–Trinajstić information content (AvgIpc) is 3.13. The first-order valence-corrected chi connectivity index (χ1v) is 11.7. The van der Waals surface area contributed by atoms with Crippen molar-refractivity contribution in [2.45, 2.75) is 25.3 Å². The fourth-order valence-corrected chi connectivity index (χ4v) is 5.50. The van der Waals surface area contributed by atoms with E-state index in [1.807, 2.05) is 18.2 Å². The number of hydrogen-bond acceptors (Lipinski definition) is 6. The van der Waals surface area contributed by atoms with Crippen molar-refractivity contribution in [1.82, 2.24) is 4.57 Å². The number of methoxy groups -OCH3 is 2. The molecule has 2 aliphatic rings. The minimum atomic E-state index is -0.518. The zero-order chi connectivity index (χ0) is 23.1. The van der Waals surface area contributed by atoms with Gasteiger partial charge >= 0.3 is 0 Å². The van der Waals surface area contributed by atoms with E-state index in [1.54, 1.807) is 49.1 Å². The number of thiazole rings is 1. The molecule has 168 valence electrons. The van der Waals surface area contributed by atoms with Gasteiger partial charge in [0.1, 0.15) is 11.5 Å². The van der Waals surface area contributed by atoms with Gasteiger partial charge in [-0.25, -0.2) is 4.99 Å². The van der Waals surface area contributed by atoms with Crippen LogP contribution in [0.1, 0.15) is 36.4 Å². The SMILES string of the molecule is COc1ccc(OC)c(C=c2sc3n(c2=O)C(c2ccc(Cl)cc2)C2=C(CCCC2=O)N=3)c1. The fraction of sp³-hybridized carbons (Fsp3) is 0.240. The van der Waals surface area contributed by atoms with E-state index in [0.717, 1.165) is 29.7 Å². The van der Waals surface area contributed by atoms with Crippen molar-refractivity contribution in [3.05, 3.63) is 89.6 Å². The number of carbonyl (C=O) groups is 1. The molecule has 33 heavy (non-hydrogen) atoms. The smallest absolute Gasteiger partial charge is 0.271 e. The molecular formula is C25H21ClN2O4S. The van der Waals surface area contributed by atoms with Crippen molar-refractivity contribution in [1.29, 1.82) is 0 Å². The van der Waals surface area contributed by atoms with Crippen LogP contribution in [0, 0.1) is 0 Å². The monoisotopic (exact) mass is 480 g/mol. The van der Waals surface area contributed by atoms with E-state index >= 15 is 0 Å². The third-order valence-corrected chi connectivity index (χ3v) is 7.17. The van der Waals surface area contributed by atoms with Crippen LogP contribution in [0.3, 0.4) is 0 Å². The summed E-state index contributed by atoms with van der Waals surface area (Å²) in [5, 5.41) is 0.598. The number of hydrogen-bond donors (Lipinski definition) is 0. The Morgan fingerprint density at radius 3 is 2.61 bits per heavy atom. The third-order valence-electron chi connectivity index (χ3n) is 5.94. The molecule has 0 bridgehead atoms. The molecule has 0 amide bonds. The summed E-state index contributed by atoms with van der Waals surface area (Å²) in [4.78, 5) is 31.9. The molecule has 6 nitrogen and oxygen atoms in total. The number of allylic oxidation sites excluding steroid dienone is 2. The van der Waals surface area contributed by atoms with Crippen molar-refractivity contribution in [3.8, 4) is 11.5 Å². The van der Waals surface area contributed by atoms with E-state index in [0.29, 0.717) is 37.8 Å². The van der Waals surface area contributed by atoms with Crippen LogP contribution in [-0.2, 0) is 4.79 Å². The molecule has 2 aromatic carbocycles. The Morgan fingerprint density at radius 1 is 1.09 bits per heavy atom. The van der Waals surface area contributed by atoms with Crippen LogP contribution in [0.15, 0.2) is 63.5 Å². The van der Waals surface area contributed by atoms with Gasteiger partial charge in [-0.15, -0.1) is 0 Å². The number of Topliss-reactive ketones (excluding diaryl/α,β-unsaturated/α-hetero) is 1. The predicted molar refractivity (Wildman–Crippen MR) is 128 cm³/mol. The number of ether oxygens (including phenoxy) is 2. The molecule has 0 spiro atoms. The molecule has 5 rings (SSSR count). The highest BCUT2D eigenvalue weighted by Crippen LogP contribution is 2.36. The quantitative estimate of drug-likeness (QED) is 0.571. The molecule has 0 saturated carbocycles. The summed E-state index contributed by atoms with van der Waals surface area (Å²) in [6.45, 7) is 0. The summed E-state index contributed by atoms with van der Waals surface area (Å²) in [6.07, 6.45) is 3.74. The van der Waals surface area contributed by atoms with Crippen molar-refractivity contribution in [2.24, 2.45) is 4.99 Å². The van der Waals surface area contributed by atoms with Crippen LogP contribution in [0.5, 0.6) is 11.5 Å². The lowest BCUT2D eigenvalue weighted by Crippen LogP contribution is -2.40. The number of rotatable bonds is 4. The molecule has 2 heterocycles. The molecule has 1 atom stereocenters. The van der Waals surface area contributed by atoms with E-state index in [4.69, 9.17) is 26.1 Å². The summed E-state index contributed by atoms with van der Waals surface area (Å²) in [6, 6.07) is 12.2. The molecule has 3 aromatic rings. The maximum absolute atomic E-state index is 13.7. The molecule has 1 aromatic heterocycles. The first kappa shape index (κ1) is 21.7. The summed E-state index contributed by atoms with van der Waals surface area (Å²) >= 11 is 7.41. The zero-order valence-electron chi connectivity index (χ0n) is 18.1. The second-order valence-corrected chi connectivity index (χ2v) is 9.32. The van der Waals surface area contributed by atoms with E-state index in [-0.39, 0.29) is 11.3 Å². The van der Waals surface area contributed by atoms with Crippen molar-refractivity contribution >= 4 is 34.8 Å². The summed E-state index contributed by atoms with van der Waals surface area (Å²) in [5.74, 6) is 1.34. The molecule has 8 heteroatoms. The third kappa shape index (κ3) is 3.81. The summed E-state index contributed by atoms with van der Waals surface area (Å²) in [7, 11) is 3.17. The second kappa shape index (κ2) is 8.65. The topological polar surface area (TPSA) is 69.9 Å². The fourth-order valence-electron chi connectivity index (χ4n) is 4.36. The van der Waals surface area contributed by atoms with Crippen molar-refractivity contribution in [3.63, 3.8) is 0 Å². The number of ketones is 1. The maximum atomic E-state index is 13.7. The van der Waals surface area contributed by atoms with E-state index < -0.39 is 6.04 Å². The Morgan fingerprint density at radius 2 is 1.88 bits per heavy atom. The Bertz CT molecular complexity index is 1470. The van der Waals surface area contributed by atoms with Gasteiger partial charge in [-0.1, -0.05) is 35.1 Å². The minimum Gasteiger partial charge on any atom is -0.497 e. The van der Waals surface area contributed by atoms with Gasteiger partial charge in [-0.05, 0) is 54.8 Å². The Labute approximate surface area is 199 Å². The number of nitrogens with zero attached hydrogens (tertiary/aromatic N) is 2. The van der Waals surface area contributed by atoms with Gasteiger partial charge in [0.15, 0.2) is 10.6 Å². The number of aromatic nitrogens is 1. The molecular weight excluding hydrogens is 460 g/mol. The van der Waals surface area contributed by atoms with Gasteiger partial charge < -0.3 is 9.47 Å². The summed E-state index contributed by atoms with van der Waals surface area (Å²) < 4.78 is 12.9. The van der Waals surface area contributed by atoms with Gasteiger partial charge in [0.25, 0.3) is 5.56 Å². The molecule has 0 radical (unpaired) electrons. The normalized spacial score (nSPS) is 18.0. The first-order valence-electron chi connectivity index (χ1n) is 10.6. The number of fused-ring (bicyclic) bond motifs is 1. The van der Waals surface area contributed by atoms with Crippen LogP contribution >= 0.6 is 22.9 Å². The van der Waals surface area contributed by atoms with Crippen molar-refractivity contribution in [2.75, 3.05) is 14.2 Å².